The number of pyridine rings is 1. The molecule has 2 aromatic carbocycles. The zero-order chi connectivity index (χ0) is 22.3. The quantitative estimate of drug-likeness (QED) is 0.614. The Kier molecular flexibility index (Phi) is 6.92. The molecule has 32 heavy (non-hydrogen) atoms. The van der Waals surface area contributed by atoms with Crippen LogP contribution in [0.4, 0.5) is 5.69 Å². The molecule has 0 aliphatic heterocycles. The molecule has 1 aliphatic rings. The molecule has 1 heterocycles. The van der Waals surface area contributed by atoms with Crippen LogP contribution in [0.25, 0.3) is 0 Å². The monoisotopic (exact) mass is 428 g/mol. The number of nitrogens with two attached hydrogens (primary N) is 1. The van der Waals surface area contributed by atoms with Gasteiger partial charge in [0.2, 0.25) is 0 Å². The molecule has 2 amide bonds. The van der Waals surface area contributed by atoms with Crippen LogP contribution in [0.2, 0.25) is 0 Å². The van der Waals surface area contributed by atoms with Gasteiger partial charge in [-0.1, -0.05) is 30.3 Å². The van der Waals surface area contributed by atoms with E-state index in [1.807, 2.05) is 59.5 Å². The summed E-state index contributed by atoms with van der Waals surface area (Å²) >= 11 is 0. The van der Waals surface area contributed by atoms with E-state index in [9.17, 15) is 9.59 Å². The molecule has 0 saturated heterocycles. The molecule has 1 aromatic heterocycles. The number of rotatable bonds is 6. The molecule has 4 rings (SSSR count). The van der Waals surface area contributed by atoms with Gasteiger partial charge in [0.1, 0.15) is 0 Å². The molecule has 0 atom stereocenters. The third-order valence-electron chi connectivity index (χ3n) is 5.93. The normalized spacial score (nSPS) is 18.0. The molecule has 164 valence electrons. The lowest BCUT2D eigenvalue weighted by atomic mass is 9.90. The van der Waals surface area contributed by atoms with Crippen LogP contribution in [0.3, 0.4) is 0 Å². The molecule has 3 N–H and O–H groups in total. The van der Waals surface area contributed by atoms with Crippen LogP contribution in [-0.2, 0) is 6.54 Å². The Balaban J connectivity index is 1.53. The van der Waals surface area contributed by atoms with Crippen LogP contribution < -0.4 is 11.1 Å². The summed E-state index contributed by atoms with van der Waals surface area (Å²) in [4.78, 5) is 31.8. The van der Waals surface area contributed by atoms with Gasteiger partial charge in [-0.2, -0.15) is 0 Å². The summed E-state index contributed by atoms with van der Waals surface area (Å²) in [6.45, 7) is 0.476. The predicted octanol–water partition coefficient (Wildman–Crippen LogP) is 4.25. The number of hydrogen-bond donors (Lipinski definition) is 2. The van der Waals surface area contributed by atoms with Gasteiger partial charge in [-0.3, -0.25) is 14.6 Å². The first-order chi connectivity index (χ1) is 15.6. The smallest absolute Gasteiger partial charge is 0.257 e. The highest BCUT2D eigenvalue weighted by molar-refractivity contribution is 6.04. The molecule has 1 aliphatic carbocycles. The first-order valence-corrected chi connectivity index (χ1v) is 11.0. The lowest BCUT2D eigenvalue weighted by Crippen LogP contribution is -2.43. The number of nitrogens with one attached hydrogen (secondary N) is 1. The summed E-state index contributed by atoms with van der Waals surface area (Å²) in [6.07, 6.45) is 6.81. The highest BCUT2D eigenvalue weighted by Crippen LogP contribution is 2.26. The number of benzene rings is 2. The van der Waals surface area contributed by atoms with Gasteiger partial charge in [0, 0.05) is 42.3 Å². The van der Waals surface area contributed by atoms with Crippen LogP contribution in [0.1, 0.15) is 52.0 Å². The maximum absolute atomic E-state index is 13.4. The first kappa shape index (κ1) is 21.7. The first-order valence-electron chi connectivity index (χ1n) is 11.0. The second kappa shape index (κ2) is 10.2. The van der Waals surface area contributed by atoms with Crippen molar-refractivity contribution in [2.24, 2.45) is 5.73 Å². The summed E-state index contributed by atoms with van der Waals surface area (Å²) in [6, 6.07) is 20.9. The Morgan fingerprint density at radius 3 is 2.41 bits per heavy atom. The van der Waals surface area contributed by atoms with Gasteiger partial charge in [0.25, 0.3) is 11.8 Å². The van der Waals surface area contributed by atoms with E-state index in [0.29, 0.717) is 23.4 Å². The Morgan fingerprint density at radius 2 is 1.69 bits per heavy atom. The van der Waals surface area contributed by atoms with Crippen molar-refractivity contribution in [2.45, 2.75) is 44.3 Å². The number of aromatic nitrogens is 1. The van der Waals surface area contributed by atoms with E-state index in [-0.39, 0.29) is 23.9 Å². The van der Waals surface area contributed by atoms with Crippen molar-refractivity contribution in [1.82, 2.24) is 9.88 Å². The van der Waals surface area contributed by atoms with Gasteiger partial charge in [0.15, 0.2) is 0 Å². The van der Waals surface area contributed by atoms with Crippen molar-refractivity contribution >= 4 is 17.5 Å². The zero-order valence-electron chi connectivity index (χ0n) is 18.0. The van der Waals surface area contributed by atoms with Crippen molar-refractivity contribution in [3.05, 3.63) is 95.8 Å². The number of hydrogen-bond acceptors (Lipinski definition) is 4. The maximum atomic E-state index is 13.4. The van der Waals surface area contributed by atoms with Crippen LogP contribution in [-0.4, -0.2) is 33.8 Å². The van der Waals surface area contributed by atoms with Crippen LogP contribution in [0.5, 0.6) is 0 Å². The van der Waals surface area contributed by atoms with Gasteiger partial charge in [0.05, 0.1) is 5.56 Å². The highest BCUT2D eigenvalue weighted by Gasteiger charge is 2.28. The lowest BCUT2D eigenvalue weighted by molar-refractivity contribution is 0.0606. The van der Waals surface area contributed by atoms with E-state index < -0.39 is 0 Å². The van der Waals surface area contributed by atoms with E-state index in [4.69, 9.17) is 5.73 Å². The second-order valence-corrected chi connectivity index (χ2v) is 8.26. The van der Waals surface area contributed by atoms with Crippen molar-refractivity contribution in [3.8, 4) is 0 Å². The third kappa shape index (κ3) is 5.39. The fourth-order valence-corrected chi connectivity index (χ4v) is 4.17. The molecule has 0 radical (unpaired) electrons. The molecule has 1 saturated carbocycles. The number of carbonyl (C=O) groups excluding carboxylic acids is 2. The fourth-order valence-electron chi connectivity index (χ4n) is 4.17. The molecule has 3 aromatic rings. The molecular weight excluding hydrogens is 400 g/mol. The number of amides is 2. The summed E-state index contributed by atoms with van der Waals surface area (Å²) in [5, 5.41) is 2.92. The predicted molar refractivity (Wildman–Crippen MR) is 125 cm³/mol. The summed E-state index contributed by atoms with van der Waals surface area (Å²) < 4.78 is 0. The van der Waals surface area contributed by atoms with Crippen molar-refractivity contribution in [3.63, 3.8) is 0 Å². The molecule has 1 fully saturated rings. The van der Waals surface area contributed by atoms with Crippen molar-refractivity contribution < 1.29 is 9.59 Å². The van der Waals surface area contributed by atoms with Crippen LogP contribution >= 0.6 is 0 Å². The largest absolute Gasteiger partial charge is 0.331 e. The van der Waals surface area contributed by atoms with Gasteiger partial charge in [-0.15, -0.1) is 0 Å². The van der Waals surface area contributed by atoms with E-state index >= 15 is 0 Å². The number of anilines is 1. The number of nitrogens with zero attached hydrogens (tertiary/aromatic N) is 2. The van der Waals surface area contributed by atoms with E-state index in [0.717, 1.165) is 31.2 Å². The zero-order valence-corrected chi connectivity index (χ0v) is 18.0. The fraction of sp³-hybridized carbons (Fsp3) is 0.269. The standard InChI is InChI=1S/C26H28N4O2/c27-22-11-13-24(14-12-22)30(26(32)20-7-2-1-3-8-20)18-19-6-4-10-23(16-19)29-25(31)21-9-5-15-28-17-21/h1-10,15-17,22,24H,11-14,18,27H2,(H,29,31). The van der Waals surface area contributed by atoms with Crippen molar-refractivity contribution in [1.29, 1.82) is 0 Å². The lowest BCUT2D eigenvalue weighted by Gasteiger charge is -2.36. The van der Waals surface area contributed by atoms with Gasteiger partial charge in [-0.05, 0) is 67.6 Å². The molecule has 0 spiro atoms. The SMILES string of the molecule is NC1CCC(N(Cc2cccc(NC(=O)c3cccnc3)c2)C(=O)c2ccccc2)CC1. The molecular formula is C26H28N4O2. The highest BCUT2D eigenvalue weighted by atomic mass is 16.2. The number of carbonyl (C=O) groups is 2. The second-order valence-electron chi connectivity index (χ2n) is 8.26. The summed E-state index contributed by atoms with van der Waals surface area (Å²) in [7, 11) is 0. The average Bonchev–Trinajstić information content (AvgIpc) is 2.84. The minimum atomic E-state index is -0.214. The molecule has 0 unspecified atom stereocenters. The Bertz CT molecular complexity index is 1050. The van der Waals surface area contributed by atoms with E-state index in [1.54, 1.807) is 18.3 Å². The van der Waals surface area contributed by atoms with E-state index in [2.05, 4.69) is 10.3 Å². The van der Waals surface area contributed by atoms with Gasteiger partial charge in [-0.25, -0.2) is 0 Å². The topological polar surface area (TPSA) is 88.3 Å². The Labute approximate surface area is 188 Å². The minimum Gasteiger partial charge on any atom is -0.331 e. The average molecular weight is 429 g/mol. The molecule has 6 heteroatoms. The van der Waals surface area contributed by atoms with Crippen LogP contribution in [0, 0.1) is 0 Å². The van der Waals surface area contributed by atoms with Gasteiger partial charge < -0.3 is 16.0 Å². The molecule has 0 bridgehead atoms. The van der Waals surface area contributed by atoms with Crippen LogP contribution in [0.15, 0.2) is 79.1 Å². The Morgan fingerprint density at radius 1 is 0.938 bits per heavy atom. The summed E-state index contributed by atoms with van der Waals surface area (Å²) in [5.41, 5.74) is 8.94. The van der Waals surface area contributed by atoms with E-state index in [1.165, 1.54) is 6.20 Å². The maximum Gasteiger partial charge on any atom is 0.257 e. The Hall–Kier alpha value is -3.51. The third-order valence-corrected chi connectivity index (χ3v) is 5.93. The van der Waals surface area contributed by atoms with Crippen molar-refractivity contribution in [2.75, 3.05) is 5.32 Å². The molecule has 6 nitrogen and oxygen atoms in total. The minimum absolute atomic E-state index is 0.0240. The van der Waals surface area contributed by atoms with Gasteiger partial charge >= 0.3 is 0 Å². The summed E-state index contributed by atoms with van der Waals surface area (Å²) in [5.74, 6) is -0.190.